The van der Waals surface area contributed by atoms with Gasteiger partial charge >= 0.3 is 0 Å². The van der Waals surface area contributed by atoms with Crippen molar-refractivity contribution in [1.82, 2.24) is 0 Å². The Kier molecular flexibility index (Phi) is 2.65. The third kappa shape index (κ3) is 2.15. The highest BCUT2D eigenvalue weighted by Crippen LogP contribution is 2.21. The number of rotatable bonds is 3. The van der Waals surface area contributed by atoms with Crippen molar-refractivity contribution in [2.24, 2.45) is 0 Å². The van der Waals surface area contributed by atoms with E-state index in [1.54, 1.807) is 24.3 Å². The summed E-state index contributed by atoms with van der Waals surface area (Å²) in [5, 5.41) is 10.2. The summed E-state index contributed by atoms with van der Waals surface area (Å²) in [5.41, 5.74) is 0.863. The Labute approximate surface area is 104 Å². The van der Waals surface area contributed by atoms with Gasteiger partial charge in [-0.2, -0.15) is 0 Å². The van der Waals surface area contributed by atoms with Gasteiger partial charge in [-0.05, 0) is 36.4 Å². The first-order valence-corrected chi connectivity index (χ1v) is 5.70. The number of phenolic OH excluding ortho intramolecular Hbond substituents is 1. The first-order chi connectivity index (χ1) is 8.81. The molecule has 90 valence electrons. The van der Waals surface area contributed by atoms with Crippen molar-refractivity contribution in [2.75, 3.05) is 0 Å². The zero-order valence-corrected chi connectivity index (χ0v) is 9.67. The summed E-state index contributed by atoms with van der Waals surface area (Å²) < 4.78 is 11.2. The smallest absolute Gasteiger partial charge is 0.146 e. The molecule has 3 aromatic rings. The summed E-state index contributed by atoms with van der Waals surface area (Å²) in [4.78, 5) is 0. The van der Waals surface area contributed by atoms with Crippen molar-refractivity contribution < 1.29 is 14.3 Å². The van der Waals surface area contributed by atoms with Gasteiger partial charge < -0.3 is 14.3 Å². The molecule has 0 aliphatic rings. The minimum Gasteiger partial charge on any atom is -0.508 e. The van der Waals surface area contributed by atoms with Gasteiger partial charge in [-0.25, -0.2) is 0 Å². The molecule has 0 bridgehead atoms. The van der Waals surface area contributed by atoms with E-state index in [-0.39, 0.29) is 5.75 Å². The van der Waals surface area contributed by atoms with Crippen LogP contribution in [0.15, 0.2) is 59.0 Å². The fourth-order valence-electron chi connectivity index (χ4n) is 1.80. The largest absolute Gasteiger partial charge is 0.508 e. The first kappa shape index (κ1) is 10.7. The Balaban J connectivity index is 1.74. The predicted molar refractivity (Wildman–Crippen MR) is 68.7 cm³/mol. The van der Waals surface area contributed by atoms with Crippen LogP contribution in [0.3, 0.4) is 0 Å². The molecule has 1 N–H and O–H groups in total. The summed E-state index contributed by atoms with van der Waals surface area (Å²) in [7, 11) is 0. The van der Waals surface area contributed by atoms with Crippen molar-refractivity contribution in [3.05, 3.63) is 60.4 Å². The lowest BCUT2D eigenvalue weighted by Gasteiger charge is -2.03. The van der Waals surface area contributed by atoms with Crippen molar-refractivity contribution in [2.45, 2.75) is 6.61 Å². The third-order valence-corrected chi connectivity index (χ3v) is 2.69. The van der Waals surface area contributed by atoms with Crippen molar-refractivity contribution in [3.8, 4) is 11.5 Å². The standard InChI is InChI=1S/C15H12O3/c16-12-5-7-13(8-6-12)17-10-14-9-11-3-1-2-4-15(11)18-14/h1-9,16H,10H2. The minimum atomic E-state index is 0.228. The maximum Gasteiger partial charge on any atom is 0.146 e. The summed E-state index contributed by atoms with van der Waals surface area (Å²) in [6.45, 7) is 0.374. The molecule has 0 radical (unpaired) electrons. The van der Waals surface area contributed by atoms with Gasteiger partial charge in [0.2, 0.25) is 0 Å². The number of hydrogen-bond donors (Lipinski definition) is 1. The van der Waals surface area contributed by atoms with Gasteiger partial charge in [0.1, 0.15) is 29.4 Å². The van der Waals surface area contributed by atoms with Gasteiger partial charge in [0.25, 0.3) is 0 Å². The SMILES string of the molecule is Oc1ccc(OCc2cc3ccccc3o2)cc1. The van der Waals surface area contributed by atoms with Crippen LogP contribution in [0.5, 0.6) is 11.5 Å². The van der Waals surface area contributed by atoms with E-state index in [4.69, 9.17) is 14.3 Å². The van der Waals surface area contributed by atoms with Gasteiger partial charge in [-0.15, -0.1) is 0 Å². The van der Waals surface area contributed by atoms with Gasteiger partial charge in [0.05, 0.1) is 0 Å². The monoisotopic (exact) mass is 240 g/mol. The Bertz CT molecular complexity index is 620. The predicted octanol–water partition coefficient (Wildman–Crippen LogP) is 3.72. The van der Waals surface area contributed by atoms with Gasteiger partial charge in [-0.1, -0.05) is 18.2 Å². The summed E-state index contributed by atoms with van der Waals surface area (Å²) in [5.74, 6) is 1.71. The first-order valence-electron chi connectivity index (χ1n) is 5.70. The number of ether oxygens (including phenoxy) is 1. The lowest BCUT2D eigenvalue weighted by Crippen LogP contribution is -1.92. The Morgan fingerprint density at radius 1 is 1.00 bits per heavy atom. The molecule has 2 aromatic carbocycles. The molecule has 3 nitrogen and oxygen atoms in total. The molecule has 0 aliphatic heterocycles. The highest BCUT2D eigenvalue weighted by Gasteiger charge is 2.03. The van der Waals surface area contributed by atoms with Crippen LogP contribution in [0.1, 0.15) is 5.76 Å². The molecule has 0 fully saturated rings. The minimum absolute atomic E-state index is 0.228. The molecule has 1 heterocycles. The average Bonchev–Trinajstić information content (AvgIpc) is 2.81. The van der Waals surface area contributed by atoms with Gasteiger partial charge in [0, 0.05) is 5.39 Å². The number of benzene rings is 2. The van der Waals surface area contributed by atoms with Crippen LogP contribution < -0.4 is 4.74 Å². The molecule has 0 saturated heterocycles. The maximum absolute atomic E-state index is 9.16. The lowest BCUT2D eigenvalue weighted by molar-refractivity contribution is 0.274. The average molecular weight is 240 g/mol. The van der Waals surface area contributed by atoms with Crippen molar-refractivity contribution in [1.29, 1.82) is 0 Å². The van der Waals surface area contributed by atoms with Gasteiger partial charge in [0.15, 0.2) is 0 Å². The third-order valence-electron chi connectivity index (χ3n) is 2.69. The zero-order valence-electron chi connectivity index (χ0n) is 9.67. The molecule has 1 aromatic heterocycles. The Hall–Kier alpha value is -2.42. The second kappa shape index (κ2) is 4.45. The second-order valence-corrected chi connectivity index (χ2v) is 4.03. The van der Waals surface area contributed by atoms with Gasteiger partial charge in [-0.3, -0.25) is 0 Å². The van der Waals surface area contributed by atoms with E-state index < -0.39 is 0 Å². The van der Waals surface area contributed by atoms with Crippen LogP contribution in [0.2, 0.25) is 0 Å². The second-order valence-electron chi connectivity index (χ2n) is 4.03. The van der Waals surface area contributed by atoms with Crippen LogP contribution in [0.4, 0.5) is 0 Å². The van der Waals surface area contributed by atoms with E-state index in [0.29, 0.717) is 12.4 Å². The van der Waals surface area contributed by atoms with Crippen molar-refractivity contribution >= 4 is 11.0 Å². The molecule has 0 spiro atoms. The van der Waals surface area contributed by atoms with E-state index in [0.717, 1.165) is 16.7 Å². The van der Waals surface area contributed by atoms with Crippen LogP contribution in [0.25, 0.3) is 11.0 Å². The maximum atomic E-state index is 9.16. The molecule has 0 saturated carbocycles. The normalized spacial score (nSPS) is 10.7. The van der Waals surface area contributed by atoms with E-state index in [2.05, 4.69) is 0 Å². The fourth-order valence-corrected chi connectivity index (χ4v) is 1.80. The molecular formula is C15H12O3. The number of hydrogen-bond acceptors (Lipinski definition) is 3. The quantitative estimate of drug-likeness (QED) is 0.758. The molecule has 0 amide bonds. The highest BCUT2D eigenvalue weighted by atomic mass is 16.5. The van der Waals surface area contributed by atoms with E-state index >= 15 is 0 Å². The molecule has 0 aliphatic carbocycles. The number of aromatic hydroxyl groups is 1. The van der Waals surface area contributed by atoms with Crippen LogP contribution in [-0.4, -0.2) is 5.11 Å². The van der Waals surface area contributed by atoms with Crippen molar-refractivity contribution in [3.63, 3.8) is 0 Å². The van der Waals surface area contributed by atoms with E-state index in [9.17, 15) is 0 Å². The van der Waals surface area contributed by atoms with Crippen LogP contribution in [-0.2, 0) is 6.61 Å². The molecule has 0 unspecified atom stereocenters. The molecular weight excluding hydrogens is 228 g/mol. The lowest BCUT2D eigenvalue weighted by atomic mass is 10.2. The summed E-state index contributed by atoms with van der Waals surface area (Å²) in [6.07, 6.45) is 0. The number of phenols is 1. The van der Waals surface area contributed by atoms with E-state index in [1.165, 1.54) is 0 Å². The Morgan fingerprint density at radius 3 is 2.56 bits per heavy atom. The van der Waals surface area contributed by atoms with E-state index in [1.807, 2.05) is 30.3 Å². The topological polar surface area (TPSA) is 42.6 Å². The Morgan fingerprint density at radius 2 is 1.78 bits per heavy atom. The molecule has 3 heteroatoms. The highest BCUT2D eigenvalue weighted by molar-refractivity contribution is 5.77. The number of para-hydroxylation sites is 1. The molecule has 3 rings (SSSR count). The van der Waals surface area contributed by atoms with Crippen LogP contribution >= 0.6 is 0 Å². The fraction of sp³-hybridized carbons (Fsp3) is 0.0667. The zero-order chi connectivity index (χ0) is 12.4. The summed E-state index contributed by atoms with van der Waals surface area (Å²) >= 11 is 0. The number of fused-ring (bicyclic) bond motifs is 1. The molecule has 18 heavy (non-hydrogen) atoms. The molecule has 0 atom stereocenters. The summed E-state index contributed by atoms with van der Waals surface area (Å²) in [6, 6.07) is 16.4. The van der Waals surface area contributed by atoms with Crippen LogP contribution in [0, 0.1) is 0 Å². The number of furan rings is 1.